The van der Waals surface area contributed by atoms with Crippen LogP contribution in [0, 0.1) is 6.92 Å². The fourth-order valence-corrected chi connectivity index (χ4v) is 2.26. The average molecular weight is 235 g/mol. The molecule has 5 nitrogen and oxygen atoms in total. The van der Waals surface area contributed by atoms with Gasteiger partial charge < -0.3 is 10.4 Å². The lowest BCUT2D eigenvalue weighted by molar-refractivity contribution is 0.209. The quantitative estimate of drug-likeness (QED) is 0.732. The van der Waals surface area contributed by atoms with Crippen LogP contribution in [0.4, 0.5) is 10.6 Å². The molecule has 17 heavy (non-hydrogen) atoms. The van der Waals surface area contributed by atoms with Crippen LogP contribution in [0.1, 0.15) is 30.0 Å². The third-order valence-corrected chi connectivity index (χ3v) is 3.02. The maximum Gasteiger partial charge on any atom is 0.410 e. The second kappa shape index (κ2) is 5.14. The van der Waals surface area contributed by atoms with E-state index in [4.69, 9.17) is 5.11 Å². The van der Waals surface area contributed by atoms with Gasteiger partial charge in [0, 0.05) is 5.69 Å². The normalized spacial score (nSPS) is 16.8. The molecule has 1 aromatic rings. The van der Waals surface area contributed by atoms with Crippen LogP contribution in [0.25, 0.3) is 0 Å². The Morgan fingerprint density at radius 3 is 2.82 bits per heavy atom. The molecule has 1 aliphatic rings. The number of aromatic nitrogens is 1. The van der Waals surface area contributed by atoms with Gasteiger partial charge in [-0.25, -0.2) is 9.78 Å². The molecule has 0 bridgehead atoms. The van der Waals surface area contributed by atoms with E-state index in [0.29, 0.717) is 11.7 Å². The summed E-state index contributed by atoms with van der Waals surface area (Å²) in [5, 5.41) is 14.3. The fraction of sp³-hybridized carbons (Fsp3) is 0.500. The molecular formula is C12H17N3O2. The highest BCUT2D eigenvalue weighted by Crippen LogP contribution is 2.27. The van der Waals surface area contributed by atoms with Gasteiger partial charge in [-0.05, 0) is 56.5 Å². The van der Waals surface area contributed by atoms with Crippen molar-refractivity contribution in [3.05, 3.63) is 23.4 Å². The Balaban J connectivity index is 2.20. The van der Waals surface area contributed by atoms with Crippen molar-refractivity contribution in [3.8, 4) is 0 Å². The Kier molecular flexibility index (Phi) is 3.58. The number of hydrogen-bond donors (Lipinski definition) is 3. The lowest BCUT2D eigenvalue weighted by Crippen LogP contribution is -2.26. The van der Waals surface area contributed by atoms with Gasteiger partial charge >= 0.3 is 6.09 Å². The van der Waals surface area contributed by atoms with E-state index in [1.807, 2.05) is 19.1 Å². The predicted molar refractivity (Wildman–Crippen MR) is 65.5 cm³/mol. The number of aryl methyl sites for hydroxylation is 1. The first-order valence-corrected chi connectivity index (χ1v) is 5.84. The van der Waals surface area contributed by atoms with E-state index < -0.39 is 6.09 Å². The van der Waals surface area contributed by atoms with Crippen molar-refractivity contribution < 1.29 is 9.90 Å². The Labute approximate surface area is 100 Å². The molecule has 0 unspecified atom stereocenters. The van der Waals surface area contributed by atoms with Crippen LogP contribution in [0.15, 0.2) is 12.1 Å². The summed E-state index contributed by atoms with van der Waals surface area (Å²) in [4.78, 5) is 14.8. The molecule has 0 aliphatic carbocycles. The van der Waals surface area contributed by atoms with Crippen molar-refractivity contribution in [1.29, 1.82) is 0 Å². The zero-order valence-electron chi connectivity index (χ0n) is 9.86. The summed E-state index contributed by atoms with van der Waals surface area (Å²) in [6.45, 7) is 3.93. The summed E-state index contributed by atoms with van der Waals surface area (Å²) < 4.78 is 0. The number of nitrogens with one attached hydrogen (secondary N) is 2. The molecule has 0 saturated carbocycles. The molecule has 1 fully saturated rings. The average Bonchev–Trinajstić information content (AvgIpc) is 2.28. The van der Waals surface area contributed by atoms with Gasteiger partial charge in [0.2, 0.25) is 0 Å². The number of carbonyl (C=O) groups is 1. The summed E-state index contributed by atoms with van der Waals surface area (Å²) >= 11 is 0. The molecule has 0 spiro atoms. The first-order chi connectivity index (χ1) is 8.15. The van der Waals surface area contributed by atoms with Crippen molar-refractivity contribution >= 4 is 11.9 Å². The van der Waals surface area contributed by atoms with Crippen LogP contribution in [0.5, 0.6) is 0 Å². The van der Waals surface area contributed by atoms with E-state index in [2.05, 4.69) is 15.6 Å². The van der Waals surface area contributed by atoms with Gasteiger partial charge in [0.25, 0.3) is 0 Å². The van der Waals surface area contributed by atoms with Crippen LogP contribution >= 0.6 is 0 Å². The number of nitrogens with zero attached hydrogens (tertiary/aromatic N) is 1. The van der Waals surface area contributed by atoms with Crippen molar-refractivity contribution in [2.75, 3.05) is 18.4 Å². The Morgan fingerprint density at radius 1 is 1.47 bits per heavy atom. The maximum absolute atomic E-state index is 10.6. The standard InChI is InChI=1S/C12H17N3O2/c1-8-6-10(9-2-4-13-5-3-9)7-11(14-8)15-12(16)17/h6-7,9,13H,2-5H2,1H3,(H,14,15)(H,16,17). The van der Waals surface area contributed by atoms with Crippen molar-refractivity contribution in [1.82, 2.24) is 10.3 Å². The minimum Gasteiger partial charge on any atom is -0.465 e. The molecule has 5 heteroatoms. The van der Waals surface area contributed by atoms with Gasteiger partial charge in [-0.2, -0.15) is 0 Å². The molecule has 1 aliphatic heterocycles. The third kappa shape index (κ3) is 3.17. The molecule has 3 N–H and O–H groups in total. The second-order valence-corrected chi connectivity index (χ2v) is 4.38. The summed E-state index contributed by atoms with van der Waals surface area (Å²) in [5.41, 5.74) is 2.03. The van der Waals surface area contributed by atoms with Crippen LogP contribution < -0.4 is 10.6 Å². The van der Waals surface area contributed by atoms with Crippen molar-refractivity contribution in [2.24, 2.45) is 0 Å². The molecule has 2 rings (SSSR count). The summed E-state index contributed by atoms with van der Waals surface area (Å²) in [5.74, 6) is 0.929. The molecule has 2 heterocycles. The zero-order chi connectivity index (χ0) is 12.3. The van der Waals surface area contributed by atoms with Gasteiger partial charge in [-0.1, -0.05) is 0 Å². The number of piperidine rings is 1. The Hall–Kier alpha value is -1.62. The summed E-state index contributed by atoms with van der Waals surface area (Å²) in [6.07, 6.45) is 1.12. The predicted octanol–water partition coefficient (Wildman–Crippen LogP) is 1.95. The molecule has 1 amide bonds. The second-order valence-electron chi connectivity index (χ2n) is 4.38. The third-order valence-electron chi connectivity index (χ3n) is 3.02. The monoisotopic (exact) mass is 235 g/mol. The highest BCUT2D eigenvalue weighted by atomic mass is 16.4. The van der Waals surface area contributed by atoms with Gasteiger partial charge in [0.15, 0.2) is 0 Å². The first-order valence-electron chi connectivity index (χ1n) is 5.84. The van der Waals surface area contributed by atoms with Crippen LogP contribution in [-0.4, -0.2) is 29.3 Å². The first kappa shape index (κ1) is 11.9. The van der Waals surface area contributed by atoms with Crippen molar-refractivity contribution in [2.45, 2.75) is 25.7 Å². The topological polar surface area (TPSA) is 74.2 Å². The number of rotatable bonds is 2. The number of pyridine rings is 1. The zero-order valence-corrected chi connectivity index (χ0v) is 9.86. The smallest absolute Gasteiger partial charge is 0.410 e. The molecule has 1 saturated heterocycles. The summed E-state index contributed by atoms with van der Waals surface area (Å²) in [6, 6.07) is 3.89. The highest BCUT2D eigenvalue weighted by Gasteiger charge is 2.16. The minimum atomic E-state index is -1.07. The largest absolute Gasteiger partial charge is 0.465 e. The lowest BCUT2D eigenvalue weighted by atomic mass is 9.90. The van der Waals surface area contributed by atoms with Crippen LogP contribution in [-0.2, 0) is 0 Å². The molecule has 0 atom stereocenters. The molecule has 92 valence electrons. The molecule has 1 aromatic heterocycles. The Bertz CT molecular complexity index is 414. The van der Waals surface area contributed by atoms with E-state index in [-0.39, 0.29) is 0 Å². The number of anilines is 1. The van der Waals surface area contributed by atoms with Gasteiger partial charge in [-0.3, -0.25) is 5.32 Å². The fourth-order valence-electron chi connectivity index (χ4n) is 2.26. The van der Waals surface area contributed by atoms with E-state index >= 15 is 0 Å². The van der Waals surface area contributed by atoms with E-state index in [1.165, 1.54) is 5.56 Å². The number of amides is 1. The molecule has 0 radical (unpaired) electrons. The van der Waals surface area contributed by atoms with E-state index in [0.717, 1.165) is 31.6 Å². The number of carboxylic acid groups (broad SMARTS) is 1. The van der Waals surface area contributed by atoms with Gasteiger partial charge in [0.1, 0.15) is 5.82 Å². The molecule has 0 aromatic carbocycles. The SMILES string of the molecule is Cc1cc(C2CCNCC2)cc(NC(=O)O)n1. The minimum absolute atomic E-state index is 0.422. The van der Waals surface area contributed by atoms with Crippen molar-refractivity contribution in [3.63, 3.8) is 0 Å². The highest BCUT2D eigenvalue weighted by molar-refractivity contribution is 5.81. The van der Waals surface area contributed by atoms with Gasteiger partial charge in [0.05, 0.1) is 0 Å². The van der Waals surface area contributed by atoms with E-state index in [9.17, 15) is 4.79 Å². The maximum atomic E-state index is 10.6. The van der Waals surface area contributed by atoms with E-state index in [1.54, 1.807) is 0 Å². The molecular weight excluding hydrogens is 218 g/mol. The van der Waals surface area contributed by atoms with Crippen LogP contribution in [0.2, 0.25) is 0 Å². The summed E-state index contributed by atoms with van der Waals surface area (Å²) in [7, 11) is 0. The van der Waals surface area contributed by atoms with Crippen LogP contribution in [0.3, 0.4) is 0 Å². The lowest BCUT2D eigenvalue weighted by Gasteiger charge is -2.23. The van der Waals surface area contributed by atoms with Gasteiger partial charge in [-0.15, -0.1) is 0 Å². The number of hydrogen-bond acceptors (Lipinski definition) is 3. The Morgan fingerprint density at radius 2 is 2.18 bits per heavy atom.